The highest BCUT2D eigenvalue weighted by atomic mass is 19.1. The van der Waals surface area contributed by atoms with E-state index in [0.29, 0.717) is 19.0 Å². The summed E-state index contributed by atoms with van der Waals surface area (Å²) in [6.07, 6.45) is 6.94. The molecule has 1 aliphatic carbocycles. The summed E-state index contributed by atoms with van der Waals surface area (Å²) >= 11 is 0. The van der Waals surface area contributed by atoms with E-state index in [0.717, 1.165) is 55.1 Å². The first kappa shape index (κ1) is 36.1. The predicted molar refractivity (Wildman–Crippen MR) is 177 cm³/mol. The van der Waals surface area contributed by atoms with E-state index >= 15 is 0 Å². The van der Waals surface area contributed by atoms with Crippen LogP contribution in [-0.2, 0) is 19.9 Å². The molecule has 2 amide bonds. The van der Waals surface area contributed by atoms with E-state index in [9.17, 15) is 23.6 Å². The van der Waals surface area contributed by atoms with Crippen LogP contribution in [0.5, 0.6) is 0 Å². The molecule has 0 saturated heterocycles. The van der Waals surface area contributed by atoms with Crippen LogP contribution in [0.15, 0.2) is 60.8 Å². The minimum absolute atomic E-state index is 0.0118. The molecule has 0 radical (unpaired) electrons. The molecule has 48 heavy (non-hydrogen) atoms. The van der Waals surface area contributed by atoms with Gasteiger partial charge in [-0.05, 0) is 81.5 Å². The molecule has 12 nitrogen and oxygen atoms in total. The summed E-state index contributed by atoms with van der Waals surface area (Å²) in [7, 11) is 4.36. The van der Waals surface area contributed by atoms with E-state index < -0.39 is 36.4 Å². The Bertz CT molecular complexity index is 1630. The Morgan fingerprint density at radius 1 is 1.02 bits per heavy atom. The molecule has 258 valence electrons. The van der Waals surface area contributed by atoms with Gasteiger partial charge in [-0.3, -0.25) is 14.5 Å². The number of carbonyl (C=O) groups is 4. The maximum absolute atomic E-state index is 13.7. The van der Waals surface area contributed by atoms with Gasteiger partial charge in [-0.15, -0.1) is 0 Å². The average molecular weight is 667 g/mol. The summed E-state index contributed by atoms with van der Waals surface area (Å²) in [6.45, 7) is 1.97. The third-order valence-corrected chi connectivity index (χ3v) is 9.41. The first-order valence-corrected chi connectivity index (χ1v) is 15.9. The molecule has 1 aliphatic heterocycles. The van der Waals surface area contributed by atoms with Gasteiger partial charge < -0.3 is 35.6 Å². The summed E-state index contributed by atoms with van der Waals surface area (Å²) in [5.41, 5.74) is 1.87. The Labute approximate surface area is 277 Å². The lowest BCUT2D eigenvalue weighted by atomic mass is 9.72. The molecule has 2 heterocycles. The van der Waals surface area contributed by atoms with E-state index in [4.69, 9.17) is 20.4 Å². The van der Waals surface area contributed by atoms with Crippen LogP contribution >= 0.6 is 0 Å². The number of aromatic nitrogens is 1. The highest BCUT2D eigenvalue weighted by Gasteiger charge is 2.41. The quantitative estimate of drug-likeness (QED) is 0.181. The number of benzene rings is 2. The molecule has 0 spiro atoms. The first-order valence-electron chi connectivity index (χ1n) is 15.9. The lowest BCUT2D eigenvalue weighted by Gasteiger charge is -2.45. The molecular weight excluding hydrogens is 623 g/mol. The van der Waals surface area contributed by atoms with Crippen LogP contribution in [-0.4, -0.2) is 98.5 Å². The molecule has 6 N–H and O–H groups in total. The van der Waals surface area contributed by atoms with Gasteiger partial charge in [0.25, 0.3) is 0 Å². The first-order chi connectivity index (χ1) is 22.7. The highest BCUT2D eigenvalue weighted by Crippen LogP contribution is 2.42. The molecule has 0 unspecified atom stereocenters. The van der Waals surface area contributed by atoms with Gasteiger partial charge in [-0.25, -0.2) is 14.0 Å². The number of aliphatic carboxylic acids is 3. The van der Waals surface area contributed by atoms with Gasteiger partial charge in [0.05, 0.1) is 12.8 Å². The van der Waals surface area contributed by atoms with Crippen molar-refractivity contribution in [3.8, 4) is 0 Å². The Balaban J connectivity index is 0.000000341. The highest BCUT2D eigenvalue weighted by molar-refractivity contribution is 5.93. The molecule has 5 rings (SSSR count). The number of carboxylic acids is 3. The maximum atomic E-state index is 13.7. The molecule has 1 aromatic heterocycles. The number of hydrogen-bond donors (Lipinski definition) is 6. The van der Waals surface area contributed by atoms with Crippen molar-refractivity contribution in [3.63, 3.8) is 0 Å². The summed E-state index contributed by atoms with van der Waals surface area (Å²) in [5.74, 6) is -4.74. The fraction of sp³-hybridized carbons (Fsp3) is 0.429. The Morgan fingerprint density at radius 3 is 2.21 bits per heavy atom. The molecule has 0 bridgehead atoms. The van der Waals surface area contributed by atoms with Crippen LogP contribution < -0.4 is 5.32 Å². The average Bonchev–Trinajstić information content (AvgIpc) is 3.47. The number of amides is 2. The number of hydrogen-bond acceptors (Lipinski definition) is 6. The molecule has 1 saturated carbocycles. The second kappa shape index (κ2) is 15.4. The van der Waals surface area contributed by atoms with Crippen molar-refractivity contribution in [2.24, 2.45) is 5.92 Å². The zero-order chi connectivity index (χ0) is 35.1. The molecule has 2 aliphatic rings. The van der Waals surface area contributed by atoms with E-state index in [1.807, 2.05) is 11.1 Å². The van der Waals surface area contributed by atoms with E-state index in [1.165, 1.54) is 17.2 Å². The lowest BCUT2D eigenvalue weighted by molar-refractivity contribution is -0.170. The van der Waals surface area contributed by atoms with Crippen LogP contribution in [0.1, 0.15) is 56.1 Å². The molecule has 2 aromatic carbocycles. The monoisotopic (exact) mass is 666 g/mol. The van der Waals surface area contributed by atoms with Crippen molar-refractivity contribution in [1.82, 2.24) is 20.1 Å². The van der Waals surface area contributed by atoms with Crippen LogP contribution in [0.25, 0.3) is 16.5 Å². The van der Waals surface area contributed by atoms with Crippen LogP contribution in [0.3, 0.4) is 0 Å². The topological polar surface area (TPSA) is 183 Å². The second-order valence-electron chi connectivity index (χ2n) is 12.7. The van der Waals surface area contributed by atoms with Gasteiger partial charge >= 0.3 is 23.9 Å². The SMILES string of the molecule is CN(C)C1(c2ccccc2)CCC(CNC(=O)N2CC=C(c3c[nH]c4ccc(F)cc34)CC2)CC1.O=C(O)CC(O)(CC(=O)O)C(=O)O. The van der Waals surface area contributed by atoms with Gasteiger partial charge in [-0.2, -0.15) is 0 Å². The van der Waals surface area contributed by atoms with Gasteiger partial charge in [0.1, 0.15) is 5.82 Å². The number of rotatable bonds is 10. The van der Waals surface area contributed by atoms with Crippen LogP contribution in [0, 0.1) is 11.7 Å². The number of H-pyrrole nitrogens is 1. The fourth-order valence-corrected chi connectivity index (χ4v) is 6.62. The largest absolute Gasteiger partial charge is 0.481 e. The van der Waals surface area contributed by atoms with Crippen molar-refractivity contribution >= 4 is 40.4 Å². The van der Waals surface area contributed by atoms with Crippen molar-refractivity contribution < 1.29 is 44.0 Å². The number of urea groups is 1. The molecular formula is C35H43FN4O8. The predicted octanol–water partition coefficient (Wildman–Crippen LogP) is 4.50. The summed E-state index contributed by atoms with van der Waals surface area (Å²) in [6, 6.07) is 15.6. The smallest absolute Gasteiger partial charge is 0.336 e. The van der Waals surface area contributed by atoms with Gasteiger partial charge in [0.15, 0.2) is 5.60 Å². The van der Waals surface area contributed by atoms with E-state index in [2.05, 4.69) is 65.7 Å². The number of aromatic amines is 1. The Kier molecular flexibility index (Phi) is 11.6. The lowest BCUT2D eigenvalue weighted by Crippen LogP contribution is -2.47. The third kappa shape index (κ3) is 8.58. The van der Waals surface area contributed by atoms with Crippen LogP contribution in [0.2, 0.25) is 0 Å². The zero-order valence-corrected chi connectivity index (χ0v) is 27.1. The third-order valence-electron chi connectivity index (χ3n) is 9.41. The Morgan fingerprint density at radius 2 is 1.67 bits per heavy atom. The van der Waals surface area contributed by atoms with E-state index in [1.54, 1.807) is 12.1 Å². The second-order valence-corrected chi connectivity index (χ2v) is 12.7. The molecule has 1 fully saturated rings. The minimum atomic E-state index is -2.74. The number of fused-ring (bicyclic) bond motifs is 1. The number of carbonyl (C=O) groups excluding carboxylic acids is 1. The normalized spacial score (nSPS) is 19.6. The summed E-state index contributed by atoms with van der Waals surface area (Å²) < 4.78 is 13.7. The number of nitrogens with zero attached hydrogens (tertiary/aromatic N) is 2. The van der Waals surface area contributed by atoms with Gasteiger partial charge in [0.2, 0.25) is 0 Å². The number of carboxylic acid groups (broad SMARTS) is 3. The Hall–Kier alpha value is -4.75. The van der Waals surface area contributed by atoms with Crippen molar-refractivity contribution in [3.05, 3.63) is 77.7 Å². The van der Waals surface area contributed by atoms with Crippen molar-refractivity contribution in [2.75, 3.05) is 33.7 Å². The number of halogens is 1. The summed E-state index contributed by atoms with van der Waals surface area (Å²) in [4.78, 5) is 50.8. The fourth-order valence-electron chi connectivity index (χ4n) is 6.62. The number of nitrogens with one attached hydrogen (secondary N) is 2. The number of aliphatic hydroxyl groups is 1. The standard InChI is InChI=1S/C29H35FN4O.C6H8O7/c1-33(2)29(23-6-4-3-5-7-23)14-10-21(11-15-29)19-32-28(35)34-16-12-22(13-17-34)26-20-31-27-9-8-24(30)18-25(26)27;7-3(8)1-6(13,5(11)12)2-4(9)10/h3-9,12,18,20-21,31H,10-11,13-17,19H2,1-2H3,(H,32,35);13H,1-2H2,(H,7,8)(H,9,10)(H,11,12). The van der Waals surface area contributed by atoms with E-state index in [-0.39, 0.29) is 17.4 Å². The molecule has 13 heteroatoms. The summed E-state index contributed by atoms with van der Waals surface area (Å²) in [5, 5.41) is 37.9. The molecule has 3 aromatic rings. The van der Waals surface area contributed by atoms with Crippen molar-refractivity contribution in [1.29, 1.82) is 0 Å². The van der Waals surface area contributed by atoms with Crippen molar-refractivity contribution in [2.45, 2.75) is 56.1 Å². The zero-order valence-electron chi connectivity index (χ0n) is 27.1. The minimum Gasteiger partial charge on any atom is -0.481 e. The molecule has 0 atom stereocenters. The van der Waals surface area contributed by atoms with Gasteiger partial charge in [-0.1, -0.05) is 36.4 Å². The maximum Gasteiger partial charge on any atom is 0.336 e. The van der Waals surface area contributed by atoms with Crippen LogP contribution in [0.4, 0.5) is 9.18 Å². The van der Waals surface area contributed by atoms with Gasteiger partial charge in [0, 0.05) is 47.8 Å².